The first kappa shape index (κ1) is 18.7. The van der Waals surface area contributed by atoms with Crippen LogP contribution in [0.2, 0.25) is 0 Å². The molecule has 9 heteroatoms. The van der Waals surface area contributed by atoms with E-state index in [1.807, 2.05) is 0 Å². The van der Waals surface area contributed by atoms with Gasteiger partial charge in [0.05, 0.1) is 17.8 Å². The lowest BCUT2D eigenvalue weighted by Crippen LogP contribution is -2.59. The maximum atomic E-state index is 13.9. The summed E-state index contributed by atoms with van der Waals surface area (Å²) in [6, 6.07) is 2.37. The second-order valence-electron chi connectivity index (χ2n) is 7.02. The number of hydrogen-bond acceptors (Lipinski definition) is 5. The number of halogens is 2. The average Bonchev–Trinajstić information content (AvgIpc) is 2.51. The van der Waals surface area contributed by atoms with E-state index in [-0.39, 0.29) is 26.1 Å². The van der Waals surface area contributed by atoms with Crippen molar-refractivity contribution in [1.82, 2.24) is 4.31 Å². The van der Waals surface area contributed by atoms with E-state index in [0.29, 0.717) is 18.9 Å². The Labute approximate surface area is 145 Å². The summed E-state index contributed by atoms with van der Waals surface area (Å²) in [6.07, 6.45) is -0.163. The second-order valence-corrected chi connectivity index (χ2v) is 8.93. The molecule has 6 nitrogen and oxygen atoms in total. The normalized spacial score (nSPS) is 30.5. The van der Waals surface area contributed by atoms with Crippen molar-refractivity contribution in [3.63, 3.8) is 0 Å². The van der Waals surface area contributed by atoms with Gasteiger partial charge in [-0.25, -0.2) is 17.2 Å². The van der Waals surface area contributed by atoms with Crippen molar-refractivity contribution in [2.45, 2.75) is 48.4 Å². The molecule has 0 radical (unpaired) electrons. The standard InChI is InChI=1S/C16H21F2NO5S/c1-15(21)10-16(24-9-14(15)20)4-6-19(7-5-16)25(22,23)13-3-2-11(17)8-12(13)18/h2-3,8,14,20-21H,4-7,9-10H2,1H3/t14-,15-/m0/s1. The molecule has 2 heterocycles. The summed E-state index contributed by atoms with van der Waals surface area (Å²) in [6.45, 7) is 1.68. The fraction of sp³-hybridized carbons (Fsp3) is 0.625. The van der Waals surface area contributed by atoms with E-state index in [9.17, 15) is 27.4 Å². The van der Waals surface area contributed by atoms with Crippen LogP contribution >= 0.6 is 0 Å². The Balaban J connectivity index is 1.76. The molecule has 25 heavy (non-hydrogen) atoms. The van der Waals surface area contributed by atoms with Crippen LogP contribution in [0.15, 0.2) is 23.1 Å². The highest BCUT2D eigenvalue weighted by Gasteiger charge is 2.49. The minimum atomic E-state index is -4.08. The summed E-state index contributed by atoms with van der Waals surface area (Å²) in [5.74, 6) is -1.97. The number of ether oxygens (including phenoxy) is 1. The minimum Gasteiger partial charge on any atom is -0.388 e. The average molecular weight is 377 g/mol. The first-order chi connectivity index (χ1) is 11.6. The Kier molecular flexibility index (Phi) is 4.66. The van der Waals surface area contributed by atoms with Crippen LogP contribution in [0.5, 0.6) is 0 Å². The highest BCUT2D eigenvalue weighted by Crippen LogP contribution is 2.40. The molecule has 1 aromatic rings. The Bertz CT molecular complexity index is 760. The molecule has 0 saturated carbocycles. The van der Waals surface area contributed by atoms with Crippen molar-refractivity contribution in [3.05, 3.63) is 29.8 Å². The van der Waals surface area contributed by atoms with Crippen molar-refractivity contribution >= 4 is 10.0 Å². The van der Waals surface area contributed by atoms with E-state index in [0.717, 1.165) is 16.4 Å². The maximum Gasteiger partial charge on any atom is 0.245 e. The van der Waals surface area contributed by atoms with Crippen molar-refractivity contribution in [2.24, 2.45) is 0 Å². The Morgan fingerprint density at radius 2 is 1.92 bits per heavy atom. The molecule has 2 aliphatic rings. The molecule has 0 aromatic heterocycles. The topological polar surface area (TPSA) is 87.1 Å². The zero-order valence-corrected chi connectivity index (χ0v) is 14.6. The predicted molar refractivity (Wildman–Crippen MR) is 84.3 cm³/mol. The van der Waals surface area contributed by atoms with Crippen LogP contribution in [0, 0.1) is 11.6 Å². The van der Waals surface area contributed by atoms with Crippen LogP contribution < -0.4 is 0 Å². The van der Waals surface area contributed by atoms with Crippen LogP contribution in [0.4, 0.5) is 8.78 Å². The molecular weight excluding hydrogens is 356 g/mol. The zero-order valence-electron chi connectivity index (χ0n) is 13.8. The van der Waals surface area contributed by atoms with Crippen molar-refractivity contribution in [2.75, 3.05) is 19.7 Å². The predicted octanol–water partition coefficient (Wildman–Crippen LogP) is 1.02. The number of aliphatic hydroxyl groups excluding tert-OH is 1. The van der Waals surface area contributed by atoms with Gasteiger partial charge in [-0.1, -0.05) is 0 Å². The summed E-state index contributed by atoms with van der Waals surface area (Å²) >= 11 is 0. The Hall–Kier alpha value is -1.13. The van der Waals surface area contributed by atoms with Gasteiger partial charge in [-0.2, -0.15) is 4.31 Å². The molecule has 0 unspecified atom stereocenters. The Morgan fingerprint density at radius 3 is 2.48 bits per heavy atom. The molecule has 0 amide bonds. The first-order valence-corrected chi connectivity index (χ1v) is 9.49. The molecule has 1 spiro atoms. The SMILES string of the molecule is C[C@]1(O)CC2(CCN(S(=O)(=O)c3ccc(F)cc3F)CC2)OC[C@@H]1O. The van der Waals surface area contributed by atoms with Gasteiger partial charge >= 0.3 is 0 Å². The van der Waals surface area contributed by atoms with Gasteiger partial charge in [0, 0.05) is 25.6 Å². The quantitative estimate of drug-likeness (QED) is 0.804. The lowest BCUT2D eigenvalue weighted by Gasteiger charge is -2.49. The molecule has 2 aliphatic heterocycles. The number of benzene rings is 1. The van der Waals surface area contributed by atoms with E-state index in [2.05, 4.69) is 0 Å². The fourth-order valence-electron chi connectivity index (χ4n) is 3.54. The van der Waals surface area contributed by atoms with Gasteiger partial charge in [0.2, 0.25) is 10.0 Å². The molecule has 140 valence electrons. The molecule has 2 fully saturated rings. The highest BCUT2D eigenvalue weighted by molar-refractivity contribution is 7.89. The highest BCUT2D eigenvalue weighted by atomic mass is 32.2. The number of aliphatic hydroxyl groups is 2. The molecular formula is C16H21F2NO5S. The molecule has 0 aliphatic carbocycles. The van der Waals surface area contributed by atoms with Crippen LogP contribution in [0.25, 0.3) is 0 Å². The second kappa shape index (κ2) is 6.24. The third-order valence-electron chi connectivity index (χ3n) is 5.09. The Morgan fingerprint density at radius 1 is 1.28 bits per heavy atom. The van der Waals surface area contributed by atoms with Crippen LogP contribution in [-0.2, 0) is 14.8 Å². The van der Waals surface area contributed by atoms with Gasteiger partial charge in [-0.15, -0.1) is 0 Å². The largest absolute Gasteiger partial charge is 0.388 e. The summed E-state index contributed by atoms with van der Waals surface area (Å²) in [7, 11) is -4.08. The summed E-state index contributed by atoms with van der Waals surface area (Å²) in [4.78, 5) is -0.558. The van der Waals surface area contributed by atoms with Gasteiger partial charge in [0.25, 0.3) is 0 Å². The zero-order chi connectivity index (χ0) is 18.5. The summed E-state index contributed by atoms with van der Waals surface area (Å²) < 4.78 is 58.9. The molecule has 2 atom stereocenters. The van der Waals surface area contributed by atoms with Crippen LogP contribution in [-0.4, -0.2) is 59.9 Å². The van der Waals surface area contributed by atoms with E-state index in [1.54, 1.807) is 0 Å². The summed E-state index contributed by atoms with van der Waals surface area (Å²) in [5.41, 5.74) is -2.02. The van der Waals surface area contributed by atoms with E-state index >= 15 is 0 Å². The monoisotopic (exact) mass is 377 g/mol. The molecule has 0 bridgehead atoms. The lowest BCUT2D eigenvalue weighted by molar-refractivity contribution is -0.220. The molecule has 1 aromatic carbocycles. The number of nitrogens with zero attached hydrogens (tertiary/aromatic N) is 1. The molecule has 2 saturated heterocycles. The molecule has 2 N–H and O–H groups in total. The van der Waals surface area contributed by atoms with Crippen molar-refractivity contribution in [3.8, 4) is 0 Å². The van der Waals surface area contributed by atoms with Gasteiger partial charge in [0.1, 0.15) is 22.6 Å². The first-order valence-electron chi connectivity index (χ1n) is 8.05. The van der Waals surface area contributed by atoms with Crippen molar-refractivity contribution in [1.29, 1.82) is 0 Å². The van der Waals surface area contributed by atoms with Crippen molar-refractivity contribution < 1.29 is 32.1 Å². The van der Waals surface area contributed by atoms with Crippen LogP contribution in [0.1, 0.15) is 26.2 Å². The van der Waals surface area contributed by atoms with Gasteiger partial charge in [0.15, 0.2) is 0 Å². The maximum absolute atomic E-state index is 13.9. The van der Waals surface area contributed by atoms with E-state index in [4.69, 9.17) is 4.74 Å². The van der Waals surface area contributed by atoms with Gasteiger partial charge < -0.3 is 14.9 Å². The third-order valence-corrected chi connectivity index (χ3v) is 7.02. The number of hydrogen-bond donors (Lipinski definition) is 2. The number of rotatable bonds is 2. The van der Waals surface area contributed by atoms with E-state index in [1.165, 1.54) is 6.92 Å². The van der Waals surface area contributed by atoms with Gasteiger partial charge in [-0.3, -0.25) is 0 Å². The number of sulfonamides is 1. The number of piperidine rings is 1. The molecule has 3 rings (SSSR count). The fourth-order valence-corrected chi connectivity index (χ4v) is 5.02. The minimum absolute atomic E-state index is 0.0215. The smallest absolute Gasteiger partial charge is 0.245 e. The summed E-state index contributed by atoms with van der Waals surface area (Å²) in [5, 5.41) is 20.1. The van der Waals surface area contributed by atoms with E-state index < -0.39 is 43.9 Å². The van der Waals surface area contributed by atoms with Crippen LogP contribution in [0.3, 0.4) is 0 Å². The lowest BCUT2D eigenvalue weighted by atomic mass is 9.77. The third kappa shape index (κ3) is 3.43. The van der Waals surface area contributed by atoms with Gasteiger partial charge in [-0.05, 0) is 31.9 Å².